The van der Waals surface area contributed by atoms with Crippen LogP contribution in [0.5, 0.6) is 0 Å². The number of carbonyl (C=O) groups is 2. The minimum absolute atomic E-state index is 0.0334. The van der Waals surface area contributed by atoms with Gasteiger partial charge < -0.3 is 19.3 Å². The van der Waals surface area contributed by atoms with E-state index < -0.39 is 5.60 Å². The monoisotopic (exact) mass is 488 g/mol. The number of rotatable bonds is 5. The number of cyclic esters (lactones) is 1. The third-order valence-corrected chi connectivity index (χ3v) is 6.81. The Hall–Kier alpha value is -2.56. The fourth-order valence-electron chi connectivity index (χ4n) is 4.84. The number of piperazine rings is 1. The van der Waals surface area contributed by atoms with Gasteiger partial charge in [0.25, 0.3) is 0 Å². The zero-order valence-electron chi connectivity index (χ0n) is 21.5. The first kappa shape index (κ1) is 25.5. The van der Waals surface area contributed by atoms with E-state index in [2.05, 4.69) is 52.0 Å². The number of benzene rings is 1. The molecule has 1 aromatic carbocycles. The van der Waals surface area contributed by atoms with Crippen molar-refractivity contribution in [3.63, 3.8) is 0 Å². The van der Waals surface area contributed by atoms with Crippen LogP contribution in [0.3, 0.4) is 0 Å². The quantitative estimate of drug-likeness (QED) is 0.581. The van der Waals surface area contributed by atoms with Gasteiger partial charge in [-0.15, -0.1) is 0 Å². The number of fused-ring (bicyclic) bond motifs is 1. The van der Waals surface area contributed by atoms with E-state index in [1.807, 2.05) is 27.7 Å². The minimum atomic E-state index is -0.475. The summed E-state index contributed by atoms with van der Waals surface area (Å²) in [6.45, 7) is 14.5. The summed E-state index contributed by atoms with van der Waals surface area (Å²) in [5, 5.41) is 10.6. The molecule has 0 aromatic heterocycles. The van der Waals surface area contributed by atoms with Crippen molar-refractivity contribution in [2.45, 2.75) is 58.7 Å². The summed E-state index contributed by atoms with van der Waals surface area (Å²) in [7, 11) is 0. The van der Waals surface area contributed by atoms with Crippen molar-refractivity contribution in [2.24, 2.45) is 5.92 Å². The van der Waals surface area contributed by atoms with Crippen molar-refractivity contribution in [1.82, 2.24) is 25.8 Å². The van der Waals surface area contributed by atoms with Gasteiger partial charge in [-0.05, 0) is 52.3 Å². The van der Waals surface area contributed by atoms with Crippen LogP contribution in [0.1, 0.15) is 46.2 Å². The SMILES string of the molecule is CCN1C(=O)OCC2CNC(N[C@@H](C)c3ccc(N4CCN(C(=O)OC(C)(C)C)CC4)cc3)NC21. The zero-order valence-corrected chi connectivity index (χ0v) is 21.5. The second-order valence-electron chi connectivity index (χ2n) is 10.5. The van der Waals surface area contributed by atoms with Crippen LogP contribution in [-0.4, -0.2) is 85.9 Å². The van der Waals surface area contributed by atoms with Gasteiger partial charge in [0, 0.05) is 56.9 Å². The number of anilines is 1. The molecule has 35 heavy (non-hydrogen) atoms. The predicted molar refractivity (Wildman–Crippen MR) is 134 cm³/mol. The lowest BCUT2D eigenvalue weighted by atomic mass is 10.0. The number of ether oxygens (including phenoxy) is 2. The standard InChI is InChI=1S/C25H40N6O4/c1-6-31-21-19(16-34-24(31)33)15-26-22(28-21)27-17(2)18-7-9-20(10-8-18)29-11-13-30(14-12-29)23(32)35-25(3,4)5/h7-10,17,19,21-22,26-28H,6,11-16H2,1-5H3/t17-,19?,21?,22?/m0/s1. The first-order chi connectivity index (χ1) is 16.6. The fourth-order valence-corrected chi connectivity index (χ4v) is 4.84. The fraction of sp³-hybridized carbons (Fsp3) is 0.680. The highest BCUT2D eigenvalue weighted by atomic mass is 16.6. The van der Waals surface area contributed by atoms with Crippen LogP contribution in [0.2, 0.25) is 0 Å². The normalized spacial score (nSPS) is 26.1. The van der Waals surface area contributed by atoms with Crippen molar-refractivity contribution in [2.75, 3.05) is 50.8 Å². The van der Waals surface area contributed by atoms with Gasteiger partial charge in [0.1, 0.15) is 18.5 Å². The van der Waals surface area contributed by atoms with E-state index in [0.717, 1.165) is 25.3 Å². The number of hydrogen-bond donors (Lipinski definition) is 3. The molecule has 3 saturated heterocycles. The average Bonchev–Trinajstić information content (AvgIpc) is 2.83. The van der Waals surface area contributed by atoms with Crippen molar-refractivity contribution in [3.05, 3.63) is 29.8 Å². The molecule has 0 bridgehead atoms. The lowest BCUT2D eigenvalue weighted by molar-refractivity contribution is -0.0269. The number of hydrogen-bond acceptors (Lipinski definition) is 8. The molecule has 3 aliphatic heterocycles. The molecule has 0 radical (unpaired) electrons. The van der Waals surface area contributed by atoms with Gasteiger partial charge in [-0.25, -0.2) is 9.59 Å². The largest absolute Gasteiger partial charge is 0.449 e. The number of carbonyl (C=O) groups excluding carboxylic acids is 2. The highest BCUT2D eigenvalue weighted by Gasteiger charge is 2.40. The first-order valence-electron chi connectivity index (χ1n) is 12.7. The van der Waals surface area contributed by atoms with E-state index in [0.29, 0.717) is 26.2 Å². The van der Waals surface area contributed by atoms with Gasteiger partial charge in [0.05, 0.1) is 6.17 Å². The summed E-state index contributed by atoms with van der Waals surface area (Å²) in [6, 6.07) is 8.69. The Bertz CT molecular complexity index is 881. The van der Waals surface area contributed by atoms with Crippen LogP contribution in [-0.2, 0) is 9.47 Å². The second kappa shape index (κ2) is 10.6. The molecule has 1 aromatic rings. The highest BCUT2D eigenvalue weighted by molar-refractivity contribution is 5.69. The Morgan fingerprint density at radius 1 is 1.20 bits per heavy atom. The lowest BCUT2D eigenvalue weighted by Crippen LogP contribution is -2.71. The number of nitrogens with zero attached hydrogens (tertiary/aromatic N) is 3. The molecule has 0 aliphatic carbocycles. The van der Waals surface area contributed by atoms with Crippen molar-refractivity contribution >= 4 is 17.9 Å². The zero-order chi connectivity index (χ0) is 25.2. The van der Waals surface area contributed by atoms with E-state index in [1.165, 1.54) is 5.56 Å². The van der Waals surface area contributed by atoms with Gasteiger partial charge in [-0.1, -0.05) is 12.1 Å². The van der Waals surface area contributed by atoms with Crippen LogP contribution in [0.4, 0.5) is 15.3 Å². The molecule has 0 spiro atoms. The van der Waals surface area contributed by atoms with Crippen molar-refractivity contribution < 1.29 is 19.1 Å². The van der Waals surface area contributed by atoms with Crippen molar-refractivity contribution in [1.29, 1.82) is 0 Å². The Labute approximate surface area is 208 Å². The molecule has 3 heterocycles. The average molecular weight is 489 g/mol. The summed E-state index contributed by atoms with van der Waals surface area (Å²) < 4.78 is 10.8. The molecule has 3 aliphatic rings. The topological polar surface area (TPSA) is 98.4 Å². The molecule has 3 unspecified atom stereocenters. The van der Waals surface area contributed by atoms with Gasteiger partial charge >= 0.3 is 12.2 Å². The predicted octanol–water partition coefficient (Wildman–Crippen LogP) is 2.29. The third kappa shape index (κ3) is 6.17. The maximum atomic E-state index is 12.3. The van der Waals surface area contributed by atoms with Crippen LogP contribution in [0.25, 0.3) is 0 Å². The van der Waals surface area contributed by atoms with Gasteiger partial charge in [-0.3, -0.25) is 20.9 Å². The summed E-state index contributed by atoms with van der Waals surface area (Å²) in [5.41, 5.74) is 1.86. The van der Waals surface area contributed by atoms with Crippen molar-refractivity contribution in [3.8, 4) is 0 Å². The molecule has 3 N–H and O–H groups in total. The molecule has 194 valence electrons. The molecule has 10 nitrogen and oxygen atoms in total. The summed E-state index contributed by atoms with van der Waals surface area (Å²) in [6.07, 6.45) is -0.631. The van der Waals surface area contributed by atoms with E-state index in [9.17, 15) is 9.59 Å². The Kier molecular flexibility index (Phi) is 7.73. The summed E-state index contributed by atoms with van der Waals surface area (Å²) in [5.74, 6) is 0.232. The summed E-state index contributed by atoms with van der Waals surface area (Å²) in [4.78, 5) is 30.2. The molecular weight excluding hydrogens is 448 g/mol. The first-order valence-corrected chi connectivity index (χ1v) is 12.7. The van der Waals surface area contributed by atoms with E-state index in [-0.39, 0.29) is 36.6 Å². The smallest absolute Gasteiger partial charge is 0.411 e. The lowest BCUT2D eigenvalue weighted by Gasteiger charge is -2.46. The molecule has 4 rings (SSSR count). The molecule has 3 fully saturated rings. The maximum Gasteiger partial charge on any atom is 0.411 e. The molecule has 4 atom stereocenters. The van der Waals surface area contributed by atoms with Gasteiger partial charge in [0.15, 0.2) is 0 Å². The van der Waals surface area contributed by atoms with Gasteiger partial charge in [0.2, 0.25) is 0 Å². The van der Waals surface area contributed by atoms with E-state index in [1.54, 1.807) is 9.80 Å². The second-order valence-corrected chi connectivity index (χ2v) is 10.5. The third-order valence-electron chi connectivity index (χ3n) is 6.81. The van der Waals surface area contributed by atoms with E-state index >= 15 is 0 Å². The Morgan fingerprint density at radius 3 is 2.51 bits per heavy atom. The Morgan fingerprint density at radius 2 is 1.89 bits per heavy atom. The van der Waals surface area contributed by atoms with E-state index in [4.69, 9.17) is 9.47 Å². The molecular formula is C25H40N6O4. The van der Waals surface area contributed by atoms with Gasteiger partial charge in [-0.2, -0.15) is 0 Å². The number of amides is 2. The molecule has 0 saturated carbocycles. The highest BCUT2D eigenvalue weighted by Crippen LogP contribution is 2.23. The minimum Gasteiger partial charge on any atom is -0.449 e. The van der Waals surface area contributed by atoms with Crippen LogP contribution < -0.4 is 20.9 Å². The molecule has 2 amide bonds. The van der Waals surface area contributed by atoms with Crippen LogP contribution >= 0.6 is 0 Å². The molecule has 10 heteroatoms. The maximum absolute atomic E-state index is 12.3. The summed E-state index contributed by atoms with van der Waals surface area (Å²) >= 11 is 0. The Balaban J connectivity index is 1.28. The van der Waals surface area contributed by atoms with Crippen LogP contribution in [0.15, 0.2) is 24.3 Å². The van der Waals surface area contributed by atoms with Crippen LogP contribution in [0, 0.1) is 5.92 Å². The number of nitrogens with one attached hydrogen (secondary N) is 3.